The highest BCUT2D eigenvalue weighted by molar-refractivity contribution is 5.74. The number of rotatable bonds is 2. The maximum absolute atomic E-state index is 2.26. The summed E-state index contributed by atoms with van der Waals surface area (Å²) in [7, 11) is 2.13. The van der Waals surface area contributed by atoms with Gasteiger partial charge in [0.05, 0.1) is 0 Å². The van der Waals surface area contributed by atoms with Gasteiger partial charge in [0.15, 0.2) is 0 Å². The number of hydrogen-bond donors (Lipinski definition) is 0. The molecule has 1 heteroatoms. The summed E-state index contributed by atoms with van der Waals surface area (Å²) in [6, 6.07) is 8.49. The van der Waals surface area contributed by atoms with Crippen LogP contribution in [0.1, 0.15) is 25.8 Å². The lowest BCUT2D eigenvalue weighted by Gasteiger charge is -2.22. The van der Waals surface area contributed by atoms with Crippen molar-refractivity contribution in [3.63, 3.8) is 0 Å². The molecule has 0 spiro atoms. The molecule has 1 aromatic rings. The first-order valence-electron chi connectivity index (χ1n) is 6.12. The second-order valence-corrected chi connectivity index (χ2v) is 4.33. The van der Waals surface area contributed by atoms with E-state index in [1.165, 1.54) is 22.5 Å². The van der Waals surface area contributed by atoms with Crippen LogP contribution in [-0.2, 0) is 0 Å². The molecule has 0 saturated carbocycles. The topological polar surface area (TPSA) is 3.24 Å². The minimum absolute atomic E-state index is 1.07. The first kappa shape index (κ1) is 11.7. The van der Waals surface area contributed by atoms with E-state index >= 15 is 0 Å². The number of allylic oxidation sites excluding steroid dienone is 4. The van der Waals surface area contributed by atoms with Crippen LogP contribution in [0.2, 0.25) is 0 Å². The monoisotopic (exact) mass is 225 g/mol. The van der Waals surface area contributed by atoms with Crippen LogP contribution in [0.4, 0.5) is 5.69 Å². The van der Waals surface area contributed by atoms with E-state index in [2.05, 4.69) is 74.4 Å². The van der Waals surface area contributed by atoms with Gasteiger partial charge in [0, 0.05) is 18.4 Å². The van der Waals surface area contributed by atoms with Crippen molar-refractivity contribution >= 4 is 11.8 Å². The number of benzene rings is 1. The molecule has 1 aliphatic rings. The Kier molecular flexibility index (Phi) is 3.48. The highest BCUT2D eigenvalue weighted by Crippen LogP contribution is 2.29. The fraction of sp³-hybridized carbons (Fsp3) is 0.250. The van der Waals surface area contributed by atoms with Crippen molar-refractivity contribution in [2.45, 2.75) is 20.3 Å². The predicted octanol–water partition coefficient (Wildman–Crippen LogP) is 4.39. The smallest absolute Gasteiger partial charge is 0.0481 e. The molecule has 1 heterocycles. The van der Waals surface area contributed by atoms with E-state index in [0.717, 1.165) is 6.42 Å². The summed E-state index contributed by atoms with van der Waals surface area (Å²) in [5.74, 6) is 0. The summed E-state index contributed by atoms with van der Waals surface area (Å²) >= 11 is 0. The van der Waals surface area contributed by atoms with Crippen LogP contribution in [0.25, 0.3) is 6.08 Å². The summed E-state index contributed by atoms with van der Waals surface area (Å²) in [5, 5.41) is 0. The third kappa shape index (κ3) is 2.33. The summed E-state index contributed by atoms with van der Waals surface area (Å²) in [6.07, 6.45) is 9.86. The molecule has 0 bridgehead atoms. The van der Waals surface area contributed by atoms with E-state index < -0.39 is 0 Å². The van der Waals surface area contributed by atoms with Crippen molar-refractivity contribution in [3.05, 3.63) is 59.3 Å². The van der Waals surface area contributed by atoms with Crippen molar-refractivity contribution in [1.29, 1.82) is 0 Å². The standard InChI is InChI=1S/C16H19N/c1-4-5-9-15-13(2)11-12-14-8-6-7-10-16(14)17(15)3/h5-12H,4H2,1-3H3/b9-5-. The van der Waals surface area contributed by atoms with E-state index in [1.807, 2.05) is 0 Å². The molecule has 17 heavy (non-hydrogen) atoms. The van der Waals surface area contributed by atoms with Crippen molar-refractivity contribution < 1.29 is 0 Å². The van der Waals surface area contributed by atoms with E-state index in [0.29, 0.717) is 0 Å². The highest BCUT2D eigenvalue weighted by Gasteiger charge is 2.12. The second kappa shape index (κ2) is 5.05. The fourth-order valence-electron chi connectivity index (χ4n) is 2.10. The lowest BCUT2D eigenvalue weighted by molar-refractivity contribution is 1.10. The molecule has 0 amide bonds. The molecule has 1 aliphatic heterocycles. The van der Waals surface area contributed by atoms with Gasteiger partial charge in [0.25, 0.3) is 0 Å². The molecule has 0 atom stereocenters. The first-order valence-corrected chi connectivity index (χ1v) is 6.12. The van der Waals surface area contributed by atoms with Crippen molar-refractivity contribution in [3.8, 4) is 0 Å². The van der Waals surface area contributed by atoms with Crippen molar-refractivity contribution in [1.82, 2.24) is 0 Å². The summed E-state index contributed by atoms with van der Waals surface area (Å²) in [6.45, 7) is 4.32. The third-order valence-electron chi connectivity index (χ3n) is 3.09. The lowest BCUT2D eigenvalue weighted by atomic mass is 10.1. The summed E-state index contributed by atoms with van der Waals surface area (Å²) < 4.78 is 0. The molecule has 1 nitrogen and oxygen atoms in total. The van der Waals surface area contributed by atoms with Crippen LogP contribution in [0, 0.1) is 0 Å². The maximum atomic E-state index is 2.26. The maximum Gasteiger partial charge on any atom is 0.0481 e. The normalized spacial score (nSPS) is 15.4. The van der Waals surface area contributed by atoms with E-state index in [4.69, 9.17) is 0 Å². The molecule has 1 aromatic carbocycles. The molecule has 0 unspecified atom stereocenters. The second-order valence-electron chi connectivity index (χ2n) is 4.33. The van der Waals surface area contributed by atoms with Crippen LogP contribution >= 0.6 is 0 Å². The zero-order chi connectivity index (χ0) is 12.3. The minimum Gasteiger partial charge on any atom is -0.344 e. The van der Waals surface area contributed by atoms with Crippen molar-refractivity contribution in [2.24, 2.45) is 0 Å². The Balaban J connectivity index is 2.49. The van der Waals surface area contributed by atoms with E-state index in [1.54, 1.807) is 0 Å². The Morgan fingerprint density at radius 3 is 2.71 bits per heavy atom. The lowest BCUT2D eigenvalue weighted by Crippen LogP contribution is -2.16. The number of nitrogens with zero attached hydrogens (tertiary/aromatic N) is 1. The third-order valence-corrected chi connectivity index (χ3v) is 3.09. The van der Waals surface area contributed by atoms with Crippen LogP contribution in [0.5, 0.6) is 0 Å². The quantitative estimate of drug-likeness (QED) is 0.721. The summed E-state index contributed by atoms with van der Waals surface area (Å²) in [4.78, 5) is 2.26. The van der Waals surface area contributed by atoms with E-state index in [-0.39, 0.29) is 0 Å². The Bertz CT molecular complexity index is 492. The Morgan fingerprint density at radius 1 is 1.18 bits per heavy atom. The largest absolute Gasteiger partial charge is 0.344 e. The van der Waals surface area contributed by atoms with Crippen LogP contribution < -0.4 is 4.90 Å². The molecule has 0 aliphatic carbocycles. The van der Waals surface area contributed by atoms with Gasteiger partial charge in [-0.2, -0.15) is 0 Å². The minimum atomic E-state index is 1.07. The number of anilines is 1. The average molecular weight is 225 g/mol. The van der Waals surface area contributed by atoms with Gasteiger partial charge in [-0.1, -0.05) is 43.4 Å². The highest BCUT2D eigenvalue weighted by atomic mass is 15.1. The summed E-state index contributed by atoms with van der Waals surface area (Å²) in [5.41, 5.74) is 5.10. The fourth-order valence-corrected chi connectivity index (χ4v) is 2.10. The number of likely N-dealkylation sites (N-methyl/N-ethyl adjacent to an activating group) is 1. The van der Waals surface area contributed by atoms with Gasteiger partial charge >= 0.3 is 0 Å². The van der Waals surface area contributed by atoms with Crippen LogP contribution in [0.3, 0.4) is 0 Å². The van der Waals surface area contributed by atoms with Crippen LogP contribution in [0.15, 0.2) is 53.8 Å². The van der Waals surface area contributed by atoms with Gasteiger partial charge in [-0.15, -0.1) is 0 Å². The Morgan fingerprint density at radius 2 is 1.94 bits per heavy atom. The molecule has 0 saturated heterocycles. The van der Waals surface area contributed by atoms with Gasteiger partial charge in [-0.05, 0) is 36.6 Å². The van der Waals surface area contributed by atoms with Gasteiger partial charge in [-0.25, -0.2) is 0 Å². The van der Waals surface area contributed by atoms with Gasteiger partial charge in [0.1, 0.15) is 0 Å². The molecule has 2 rings (SSSR count). The Labute approximate surface area is 104 Å². The molecule has 0 aromatic heterocycles. The predicted molar refractivity (Wildman–Crippen MR) is 76.0 cm³/mol. The van der Waals surface area contributed by atoms with Crippen LogP contribution in [-0.4, -0.2) is 7.05 Å². The molecule has 0 fully saturated rings. The van der Waals surface area contributed by atoms with Gasteiger partial charge in [-0.3, -0.25) is 0 Å². The number of hydrogen-bond acceptors (Lipinski definition) is 1. The molecule has 0 radical (unpaired) electrons. The molecule has 0 N–H and O–H groups in total. The molecule has 88 valence electrons. The zero-order valence-corrected chi connectivity index (χ0v) is 10.8. The number of fused-ring (bicyclic) bond motifs is 1. The molecular weight excluding hydrogens is 206 g/mol. The van der Waals surface area contributed by atoms with Crippen molar-refractivity contribution in [2.75, 3.05) is 11.9 Å². The SMILES string of the molecule is CC/C=C\C1=C(C)C=Cc2ccccc2N1C. The number of para-hydroxylation sites is 1. The zero-order valence-electron chi connectivity index (χ0n) is 10.8. The Hall–Kier alpha value is -1.76. The molecular formula is C16H19N. The average Bonchev–Trinajstić information content (AvgIpc) is 2.47. The first-order chi connectivity index (χ1) is 8.24. The van der Waals surface area contributed by atoms with Gasteiger partial charge < -0.3 is 4.90 Å². The van der Waals surface area contributed by atoms with E-state index in [9.17, 15) is 0 Å². The van der Waals surface area contributed by atoms with Gasteiger partial charge in [0.2, 0.25) is 0 Å².